The molecule has 31 heavy (non-hydrogen) atoms. The maximum Gasteiger partial charge on any atom is 0.269 e. The number of pyridine rings is 2. The Kier molecular flexibility index (Phi) is 4.97. The summed E-state index contributed by atoms with van der Waals surface area (Å²) < 4.78 is 7.19. The highest BCUT2D eigenvalue weighted by Gasteiger charge is 2.34. The largest absolute Gasteiger partial charge is 0.440 e. The number of rotatable bonds is 4. The number of nitrogens with two attached hydrogens (primary N) is 1. The van der Waals surface area contributed by atoms with Crippen LogP contribution in [0.5, 0.6) is 5.75 Å². The summed E-state index contributed by atoms with van der Waals surface area (Å²) in [6.07, 6.45) is 3.32. The molecule has 0 amide bonds. The Morgan fingerprint density at radius 1 is 1.32 bits per heavy atom. The van der Waals surface area contributed by atoms with E-state index in [9.17, 15) is 20.2 Å². The summed E-state index contributed by atoms with van der Waals surface area (Å²) in [6, 6.07) is 13.1. The number of allylic oxidation sites excluding steroid dienone is 1. The highest BCUT2D eigenvalue weighted by atomic mass is 16.6. The number of hydrogen-bond donors (Lipinski definition) is 1. The van der Waals surface area contributed by atoms with Crippen molar-refractivity contribution in [2.75, 3.05) is 0 Å². The number of nitro benzene ring substituents is 1. The van der Waals surface area contributed by atoms with Gasteiger partial charge in [-0.3, -0.25) is 19.9 Å². The fourth-order valence-electron chi connectivity index (χ4n) is 3.68. The molecule has 1 atom stereocenters. The first kappa shape index (κ1) is 19.8. The van der Waals surface area contributed by atoms with Crippen LogP contribution in [0.4, 0.5) is 5.69 Å². The van der Waals surface area contributed by atoms with E-state index >= 15 is 0 Å². The van der Waals surface area contributed by atoms with Crippen molar-refractivity contribution in [2.24, 2.45) is 5.73 Å². The topological polar surface area (TPSA) is 137 Å². The summed E-state index contributed by atoms with van der Waals surface area (Å²) in [5.74, 6) is -0.630. The maximum atomic E-state index is 13.5. The average Bonchev–Trinajstić information content (AvgIpc) is 2.76. The van der Waals surface area contributed by atoms with Gasteiger partial charge >= 0.3 is 0 Å². The highest BCUT2D eigenvalue weighted by molar-refractivity contribution is 5.56. The molecule has 9 nitrogen and oxygen atoms in total. The van der Waals surface area contributed by atoms with Crippen molar-refractivity contribution in [3.8, 4) is 11.8 Å². The van der Waals surface area contributed by atoms with Gasteiger partial charge in [-0.2, -0.15) is 5.26 Å². The van der Waals surface area contributed by atoms with Crippen LogP contribution in [-0.4, -0.2) is 14.5 Å². The van der Waals surface area contributed by atoms with Crippen LogP contribution in [-0.2, 0) is 6.54 Å². The molecule has 2 N–H and O–H groups in total. The number of nitro groups is 1. The molecule has 0 saturated heterocycles. The number of ether oxygens (including phenoxy) is 1. The average molecular weight is 415 g/mol. The third-order valence-corrected chi connectivity index (χ3v) is 5.19. The smallest absolute Gasteiger partial charge is 0.269 e. The van der Waals surface area contributed by atoms with Crippen molar-refractivity contribution in [3.63, 3.8) is 0 Å². The summed E-state index contributed by atoms with van der Waals surface area (Å²) in [6.45, 7) is 2.07. The lowest BCUT2D eigenvalue weighted by Crippen LogP contribution is -2.33. The van der Waals surface area contributed by atoms with Crippen molar-refractivity contribution >= 4 is 5.69 Å². The number of aryl methyl sites for hydroxylation is 1. The predicted molar refractivity (Wildman–Crippen MR) is 111 cm³/mol. The van der Waals surface area contributed by atoms with Gasteiger partial charge in [0.25, 0.3) is 11.2 Å². The van der Waals surface area contributed by atoms with E-state index in [2.05, 4.69) is 4.98 Å². The van der Waals surface area contributed by atoms with E-state index in [1.807, 2.05) is 12.1 Å². The third-order valence-electron chi connectivity index (χ3n) is 5.19. The molecule has 0 bridgehead atoms. The van der Waals surface area contributed by atoms with Crippen LogP contribution < -0.4 is 16.0 Å². The van der Waals surface area contributed by atoms with Gasteiger partial charge in [-0.1, -0.05) is 18.2 Å². The zero-order valence-electron chi connectivity index (χ0n) is 16.5. The van der Waals surface area contributed by atoms with Crippen LogP contribution in [0.3, 0.4) is 0 Å². The normalized spacial score (nSPS) is 15.0. The molecule has 3 aromatic rings. The second-order valence-electron chi connectivity index (χ2n) is 7.09. The van der Waals surface area contributed by atoms with Crippen LogP contribution >= 0.6 is 0 Å². The van der Waals surface area contributed by atoms with Gasteiger partial charge in [0.15, 0.2) is 0 Å². The standard InChI is InChI=1S/C22H17N5O4/c1-13-9-18-20(22(28)26(13)12-14-3-2-8-25-11-14)19(17(10-23)21(24)31-18)15-4-6-16(7-5-15)27(29)30/h2-9,11,19H,12,24H2,1H3/t19-/m0/s1. The highest BCUT2D eigenvalue weighted by Crippen LogP contribution is 2.40. The molecule has 0 aliphatic carbocycles. The maximum absolute atomic E-state index is 13.5. The minimum atomic E-state index is -0.803. The molecule has 0 spiro atoms. The Labute approximate surface area is 176 Å². The van der Waals surface area contributed by atoms with Crippen molar-refractivity contribution in [1.29, 1.82) is 5.26 Å². The molecule has 1 aliphatic rings. The lowest BCUT2D eigenvalue weighted by Gasteiger charge is -2.27. The first-order chi connectivity index (χ1) is 14.9. The molecule has 0 saturated carbocycles. The van der Waals surface area contributed by atoms with Crippen molar-refractivity contribution in [3.05, 3.63) is 109 Å². The van der Waals surface area contributed by atoms with Crippen LogP contribution in [0.1, 0.15) is 28.3 Å². The van der Waals surface area contributed by atoms with E-state index in [1.54, 1.807) is 36.0 Å². The third kappa shape index (κ3) is 3.51. The molecule has 154 valence electrons. The second-order valence-corrected chi connectivity index (χ2v) is 7.09. The first-order valence-corrected chi connectivity index (χ1v) is 9.36. The molecule has 9 heteroatoms. The molecule has 4 rings (SSSR count). The van der Waals surface area contributed by atoms with Gasteiger partial charge in [0.2, 0.25) is 5.88 Å². The number of non-ortho nitro benzene ring substituents is 1. The zero-order chi connectivity index (χ0) is 22.1. The molecule has 3 heterocycles. The molecular formula is C22H17N5O4. The summed E-state index contributed by atoms with van der Waals surface area (Å²) >= 11 is 0. The SMILES string of the molecule is Cc1cc2c(c(=O)n1Cc1cccnc1)[C@@H](c1ccc([N+](=O)[O-])cc1)C(C#N)=C(N)O2. The summed E-state index contributed by atoms with van der Waals surface area (Å²) in [4.78, 5) is 28.1. The van der Waals surface area contributed by atoms with Crippen LogP contribution in [0.25, 0.3) is 0 Å². The Balaban J connectivity index is 1.90. The number of aromatic nitrogens is 2. The molecule has 0 fully saturated rings. The first-order valence-electron chi connectivity index (χ1n) is 9.36. The van der Waals surface area contributed by atoms with Crippen molar-refractivity contribution in [2.45, 2.75) is 19.4 Å². The van der Waals surface area contributed by atoms with Crippen LogP contribution in [0, 0.1) is 28.4 Å². The van der Waals surface area contributed by atoms with E-state index in [0.29, 0.717) is 17.8 Å². The second kappa shape index (κ2) is 7.76. The lowest BCUT2D eigenvalue weighted by molar-refractivity contribution is -0.384. The summed E-state index contributed by atoms with van der Waals surface area (Å²) in [7, 11) is 0. The molecule has 0 unspecified atom stereocenters. The van der Waals surface area contributed by atoms with E-state index in [-0.39, 0.29) is 34.0 Å². The van der Waals surface area contributed by atoms with E-state index in [4.69, 9.17) is 10.5 Å². The Bertz CT molecular complexity index is 1300. The van der Waals surface area contributed by atoms with Gasteiger partial charge in [-0.25, -0.2) is 0 Å². The van der Waals surface area contributed by atoms with Gasteiger partial charge in [-0.05, 0) is 24.1 Å². The predicted octanol–water partition coefficient (Wildman–Crippen LogP) is 2.73. The van der Waals surface area contributed by atoms with Gasteiger partial charge < -0.3 is 15.0 Å². The Morgan fingerprint density at radius 2 is 2.06 bits per heavy atom. The van der Waals surface area contributed by atoms with Gasteiger partial charge in [-0.15, -0.1) is 0 Å². The van der Waals surface area contributed by atoms with Crippen molar-refractivity contribution in [1.82, 2.24) is 9.55 Å². The molecule has 1 aliphatic heterocycles. The van der Waals surface area contributed by atoms with Crippen LogP contribution in [0.2, 0.25) is 0 Å². The number of benzene rings is 1. The van der Waals surface area contributed by atoms with E-state index < -0.39 is 10.8 Å². The number of nitriles is 1. The molecule has 2 aromatic heterocycles. The number of hydrogen-bond acceptors (Lipinski definition) is 7. The van der Waals surface area contributed by atoms with Crippen molar-refractivity contribution < 1.29 is 9.66 Å². The Morgan fingerprint density at radius 3 is 2.68 bits per heavy atom. The summed E-state index contributed by atoms with van der Waals surface area (Å²) in [5, 5.41) is 20.7. The quantitative estimate of drug-likeness (QED) is 0.511. The zero-order valence-corrected chi connectivity index (χ0v) is 16.5. The summed E-state index contributed by atoms with van der Waals surface area (Å²) in [5.41, 5.74) is 7.92. The monoisotopic (exact) mass is 415 g/mol. The van der Waals surface area contributed by atoms with Gasteiger partial charge in [0, 0.05) is 36.3 Å². The fourth-order valence-corrected chi connectivity index (χ4v) is 3.68. The minimum Gasteiger partial charge on any atom is -0.440 e. The Hall–Kier alpha value is -4.45. The number of nitrogens with zero attached hydrogens (tertiary/aromatic N) is 4. The molecule has 1 aromatic carbocycles. The lowest BCUT2D eigenvalue weighted by atomic mass is 9.84. The van der Waals surface area contributed by atoms with Gasteiger partial charge in [0.1, 0.15) is 17.4 Å². The van der Waals surface area contributed by atoms with Gasteiger partial charge in [0.05, 0.1) is 22.9 Å². The minimum absolute atomic E-state index is 0.0789. The molecule has 0 radical (unpaired) electrons. The number of fused-ring (bicyclic) bond motifs is 1. The van der Waals surface area contributed by atoms with E-state index in [1.165, 1.54) is 24.3 Å². The molecular weight excluding hydrogens is 398 g/mol. The van der Waals surface area contributed by atoms with E-state index in [0.717, 1.165) is 5.56 Å². The van der Waals surface area contributed by atoms with Crippen LogP contribution in [0.15, 0.2) is 71.1 Å². The fraction of sp³-hybridized carbons (Fsp3) is 0.136.